The summed E-state index contributed by atoms with van der Waals surface area (Å²) >= 11 is 0. The van der Waals surface area contributed by atoms with Crippen LogP contribution in [-0.4, -0.2) is 37.3 Å². The van der Waals surface area contributed by atoms with Gasteiger partial charge in [0.05, 0.1) is 6.67 Å². The fraction of sp³-hybridized carbons (Fsp3) is 0.647. The van der Waals surface area contributed by atoms with E-state index in [-0.39, 0.29) is 12.8 Å². The number of hydrogen-bond acceptors (Lipinski definition) is 2. The minimum absolute atomic E-state index is 0.224. The number of rotatable bonds is 6. The van der Waals surface area contributed by atoms with Gasteiger partial charge in [0.25, 0.3) is 0 Å². The molecule has 2 rings (SSSR count). The zero-order chi connectivity index (χ0) is 14.4. The van der Waals surface area contributed by atoms with Crippen molar-refractivity contribution in [3.63, 3.8) is 0 Å². The zero-order valence-corrected chi connectivity index (χ0v) is 12.6. The first kappa shape index (κ1) is 15.3. The number of hydrogen-bond donors (Lipinski definition) is 0. The third-order valence-electron chi connectivity index (χ3n) is 3.92. The maximum absolute atomic E-state index is 12.2. The Kier molecular flexibility index (Phi) is 5.84. The van der Waals surface area contributed by atoms with Crippen molar-refractivity contribution in [1.82, 2.24) is 4.90 Å². The van der Waals surface area contributed by atoms with E-state index in [9.17, 15) is 4.39 Å². The molecule has 1 aliphatic rings. The first-order valence-electron chi connectivity index (χ1n) is 7.74. The molecule has 1 heterocycles. The Morgan fingerprint density at radius 1 is 1.30 bits per heavy atom. The number of halogens is 1. The normalized spacial score (nSPS) is 20.3. The fourth-order valence-electron chi connectivity index (χ4n) is 2.72. The Morgan fingerprint density at radius 2 is 2.05 bits per heavy atom. The van der Waals surface area contributed by atoms with Crippen LogP contribution in [0, 0.1) is 0 Å². The van der Waals surface area contributed by atoms with Crippen LogP contribution in [0.5, 0.6) is 5.75 Å². The molecule has 1 atom stereocenters. The summed E-state index contributed by atoms with van der Waals surface area (Å²) in [5.74, 6) is 1.50. The van der Waals surface area contributed by atoms with Gasteiger partial charge in [-0.2, -0.15) is 0 Å². The lowest BCUT2D eigenvalue weighted by molar-refractivity contribution is 0.0866. The topological polar surface area (TPSA) is 12.5 Å². The first-order chi connectivity index (χ1) is 9.69. The van der Waals surface area contributed by atoms with Gasteiger partial charge in [0.2, 0.25) is 0 Å². The third kappa shape index (κ3) is 4.48. The summed E-state index contributed by atoms with van der Waals surface area (Å²) in [7, 11) is 0. The number of nitrogens with zero attached hydrogens (tertiary/aromatic N) is 1. The predicted molar refractivity (Wildman–Crippen MR) is 81.2 cm³/mol. The highest BCUT2D eigenvalue weighted by molar-refractivity contribution is 5.29. The Balaban J connectivity index is 1.85. The molecule has 3 heteroatoms. The molecule has 1 aromatic carbocycles. The number of alkyl halides is 1. The van der Waals surface area contributed by atoms with Crippen LogP contribution in [0.4, 0.5) is 4.39 Å². The molecule has 112 valence electrons. The molecule has 0 bridgehead atoms. The van der Waals surface area contributed by atoms with Gasteiger partial charge in [-0.1, -0.05) is 26.0 Å². The van der Waals surface area contributed by atoms with Crippen LogP contribution >= 0.6 is 0 Å². The van der Waals surface area contributed by atoms with Crippen LogP contribution in [0.2, 0.25) is 0 Å². The lowest BCUT2D eigenvalue weighted by Crippen LogP contribution is -2.41. The summed E-state index contributed by atoms with van der Waals surface area (Å²) in [6.45, 7) is 7.01. The Bertz CT molecular complexity index is 390. The maximum atomic E-state index is 12.2. The van der Waals surface area contributed by atoms with Crippen LogP contribution in [-0.2, 0) is 0 Å². The van der Waals surface area contributed by atoms with E-state index in [0.717, 1.165) is 38.2 Å². The summed E-state index contributed by atoms with van der Waals surface area (Å²) in [6.07, 6.45) is 3.11. The van der Waals surface area contributed by atoms with Gasteiger partial charge in [-0.15, -0.1) is 0 Å². The quantitative estimate of drug-likeness (QED) is 0.780. The molecule has 0 spiro atoms. The summed E-state index contributed by atoms with van der Waals surface area (Å²) < 4.78 is 18.3. The lowest BCUT2D eigenvalue weighted by Gasteiger charge is -2.32. The first-order valence-corrected chi connectivity index (χ1v) is 7.74. The van der Waals surface area contributed by atoms with Crippen molar-refractivity contribution in [2.24, 2.45) is 0 Å². The molecule has 0 radical (unpaired) electrons. The maximum Gasteiger partial charge on any atom is 0.119 e. The summed E-state index contributed by atoms with van der Waals surface area (Å²) in [4.78, 5) is 2.32. The smallest absolute Gasteiger partial charge is 0.119 e. The van der Waals surface area contributed by atoms with Crippen molar-refractivity contribution in [3.05, 3.63) is 29.8 Å². The van der Waals surface area contributed by atoms with Crippen molar-refractivity contribution in [2.75, 3.05) is 26.3 Å². The molecular formula is C17H26FNO. The highest BCUT2D eigenvalue weighted by Crippen LogP contribution is 2.22. The van der Waals surface area contributed by atoms with E-state index in [1.54, 1.807) is 0 Å². The van der Waals surface area contributed by atoms with E-state index < -0.39 is 0 Å². The predicted octanol–water partition coefficient (Wildman–Crippen LogP) is 4.01. The summed E-state index contributed by atoms with van der Waals surface area (Å²) in [5.41, 5.74) is 1.34. The second-order valence-corrected chi connectivity index (χ2v) is 5.95. The molecule has 1 saturated heterocycles. The number of piperidine rings is 1. The standard InChI is InChI=1S/C17H26FNO/c1-14(2)15-6-8-16(9-7-15)20-17-5-3-11-19(13-17)12-4-10-18/h6-9,14,17H,3-5,10-13H2,1-2H3/t17-/m0/s1. The molecule has 1 aliphatic heterocycles. The SMILES string of the molecule is CC(C)c1ccc(O[C@H]2CCCN(CCCF)C2)cc1. The fourth-order valence-corrected chi connectivity index (χ4v) is 2.72. The van der Waals surface area contributed by atoms with Gasteiger partial charge in [-0.25, -0.2) is 0 Å². The van der Waals surface area contributed by atoms with E-state index in [1.165, 1.54) is 5.56 Å². The van der Waals surface area contributed by atoms with E-state index in [4.69, 9.17) is 4.74 Å². The van der Waals surface area contributed by atoms with E-state index >= 15 is 0 Å². The van der Waals surface area contributed by atoms with Gasteiger partial charge in [-0.3, -0.25) is 9.29 Å². The molecule has 0 saturated carbocycles. The molecule has 20 heavy (non-hydrogen) atoms. The summed E-state index contributed by atoms with van der Waals surface area (Å²) in [6, 6.07) is 8.42. The molecule has 1 aromatic rings. The van der Waals surface area contributed by atoms with Gasteiger partial charge in [0.15, 0.2) is 0 Å². The summed E-state index contributed by atoms with van der Waals surface area (Å²) in [5, 5.41) is 0. The Labute approximate surface area is 121 Å². The van der Waals surface area contributed by atoms with Crippen LogP contribution in [0.25, 0.3) is 0 Å². The van der Waals surface area contributed by atoms with Gasteiger partial charge in [0, 0.05) is 13.1 Å². The Morgan fingerprint density at radius 3 is 2.70 bits per heavy atom. The van der Waals surface area contributed by atoms with E-state index in [1.807, 2.05) is 0 Å². The van der Waals surface area contributed by atoms with Crippen LogP contribution in [0.3, 0.4) is 0 Å². The molecule has 1 fully saturated rings. The van der Waals surface area contributed by atoms with Crippen LogP contribution < -0.4 is 4.74 Å². The second kappa shape index (κ2) is 7.63. The monoisotopic (exact) mass is 279 g/mol. The Hall–Kier alpha value is -1.09. The zero-order valence-electron chi connectivity index (χ0n) is 12.6. The van der Waals surface area contributed by atoms with E-state index in [2.05, 4.69) is 43.0 Å². The van der Waals surface area contributed by atoms with Crippen molar-refractivity contribution < 1.29 is 9.13 Å². The molecular weight excluding hydrogens is 253 g/mol. The van der Waals surface area contributed by atoms with Gasteiger partial charge < -0.3 is 4.74 Å². The second-order valence-electron chi connectivity index (χ2n) is 5.95. The molecule has 2 nitrogen and oxygen atoms in total. The number of ether oxygens (including phenoxy) is 1. The number of likely N-dealkylation sites (tertiary alicyclic amines) is 1. The largest absolute Gasteiger partial charge is 0.489 e. The van der Waals surface area contributed by atoms with Gasteiger partial charge in [0.1, 0.15) is 11.9 Å². The van der Waals surface area contributed by atoms with Crippen molar-refractivity contribution in [2.45, 2.75) is 45.1 Å². The van der Waals surface area contributed by atoms with Crippen molar-refractivity contribution in [1.29, 1.82) is 0 Å². The molecule has 0 amide bonds. The van der Waals surface area contributed by atoms with Crippen molar-refractivity contribution >= 4 is 0 Å². The van der Waals surface area contributed by atoms with Crippen LogP contribution in [0.1, 0.15) is 44.6 Å². The molecule has 0 N–H and O–H groups in total. The highest BCUT2D eigenvalue weighted by Gasteiger charge is 2.20. The third-order valence-corrected chi connectivity index (χ3v) is 3.92. The highest BCUT2D eigenvalue weighted by atomic mass is 19.1. The molecule has 0 aromatic heterocycles. The average Bonchev–Trinajstić information content (AvgIpc) is 2.46. The molecule has 0 aliphatic carbocycles. The lowest BCUT2D eigenvalue weighted by atomic mass is 10.0. The minimum atomic E-state index is -0.224. The van der Waals surface area contributed by atoms with Gasteiger partial charge >= 0.3 is 0 Å². The minimum Gasteiger partial charge on any atom is -0.489 e. The average molecular weight is 279 g/mol. The molecule has 0 unspecified atom stereocenters. The van der Waals surface area contributed by atoms with Gasteiger partial charge in [-0.05, 0) is 49.4 Å². The van der Waals surface area contributed by atoms with E-state index in [0.29, 0.717) is 12.3 Å². The van der Waals surface area contributed by atoms with Crippen LogP contribution in [0.15, 0.2) is 24.3 Å². The number of benzene rings is 1. The van der Waals surface area contributed by atoms with Crippen molar-refractivity contribution in [3.8, 4) is 5.75 Å².